The van der Waals surface area contributed by atoms with E-state index in [2.05, 4.69) is 10.3 Å². The molecule has 0 spiro atoms. The number of rotatable bonds is 6. The van der Waals surface area contributed by atoms with Gasteiger partial charge in [0.15, 0.2) is 6.04 Å². The molecular weight excluding hydrogens is 288 g/mol. The third kappa shape index (κ3) is 4.61. The van der Waals surface area contributed by atoms with Gasteiger partial charge < -0.3 is 10.4 Å². The number of aliphatic carboxylic acids is 1. The van der Waals surface area contributed by atoms with Crippen LogP contribution in [0.4, 0.5) is 0 Å². The van der Waals surface area contributed by atoms with Crippen molar-refractivity contribution in [1.82, 2.24) is 10.3 Å². The average Bonchev–Trinajstić information content (AvgIpc) is 2.52. The lowest BCUT2D eigenvalue weighted by Crippen LogP contribution is -2.34. The monoisotopic (exact) mass is 302 g/mol. The van der Waals surface area contributed by atoms with E-state index in [1.54, 1.807) is 54.9 Å². The maximum absolute atomic E-state index is 11.9. The van der Waals surface area contributed by atoms with Gasteiger partial charge in [-0.2, -0.15) is 0 Å². The van der Waals surface area contributed by atoms with Crippen molar-refractivity contribution < 1.29 is 14.7 Å². The molecule has 5 nitrogen and oxygen atoms in total. The first-order chi connectivity index (χ1) is 10.2. The van der Waals surface area contributed by atoms with Crippen molar-refractivity contribution in [3.8, 4) is 0 Å². The van der Waals surface area contributed by atoms with Crippen LogP contribution >= 0.6 is 11.8 Å². The van der Waals surface area contributed by atoms with Crippen molar-refractivity contribution >= 4 is 23.6 Å². The lowest BCUT2D eigenvalue weighted by molar-refractivity contribution is -0.141. The largest absolute Gasteiger partial charge is 0.479 e. The standard InChI is InChI=1S/C15H14N2O3S/c18-13(10-21-12-6-8-16-9-7-12)17-14(15(19)20)11-4-2-1-3-5-11/h1-9,14H,10H2,(H,17,18)(H,19,20)/t14-/m0/s1. The van der Waals surface area contributed by atoms with Crippen molar-refractivity contribution in [2.45, 2.75) is 10.9 Å². The van der Waals surface area contributed by atoms with E-state index in [4.69, 9.17) is 0 Å². The van der Waals surface area contributed by atoms with Crippen molar-refractivity contribution in [2.75, 3.05) is 5.75 Å². The second-order valence-corrected chi connectivity index (χ2v) is 5.27. The minimum atomic E-state index is -1.08. The first-order valence-electron chi connectivity index (χ1n) is 6.27. The average molecular weight is 302 g/mol. The number of carboxylic acid groups (broad SMARTS) is 1. The number of benzene rings is 1. The van der Waals surface area contributed by atoms with Gasteiger partial charge in [0.1, 0.15) is 0 Å². The van der Waals surface area contributed by atoms with E-state index < -0.39 is 12.0 Å². The van der Waals surface area contributed by atoms with Gasteiger partial charge in [-0.15, -0.1) is 11.8 Å². The molecule has 2 aromatic rings. The van der Waals surface area contributed by atoms with Crippen LogP contribution in [0.3, 0.4) is 0 Å². The van der Waals surface area contributed by atoms with Crippen LogP contribution in [-0.4, -0.2) is 27.7 Å². The SMILES string of the molecule is O=C(CSc1ccncc1)N[C@H](C(=O)O)c1ccccc1. The summed E-state index contributed by atoms with van der Waals surface area (Å²) in [4.78, 5) is 28.0. The Balaban J connectivity index is 1.95. The summed E-state index contributed by atoms with van der Waals surface area (Å²) in [7, 11) is 0. The van der Waals surface area contributed by atoms with E-state index in [1.807, 2.05) is 0 Å². The first-order valence-corrected chi connectivity index (χ1v) is 7.25. The summed E-state index contributed by atoms with van der Waals surface area (Å²) in [6.07, 6.45) is 3.29. The Morgan fingerprint density at radius 2 is 1.81 bits per heavy atom. The Morgan fingerprint density at radius 3 is 2.43 bits per heavy atom. The fourth-order valence-corrected chi connectivity index (χ4v) is 2.41. The molecule has 0 unspecified atom stereocenters. The molecule has 0 fully saturated rings. The molecule has 21 heavy (non-hydrogen) atoms. The number of carboxylic acids is 1. The molecule has 0 aliphatic carbocycles. The third-order valence-corrected chi connectivity index (χ3v) is 3.72. The predicted octanol–water partition coefficient (Wildman–Crippen LogP) is 2.12. The van der Waals surface area contributed by atoms with Gasteiger partial charge in [0, 0.05) is 17.3 Å². The van der Waals surface area contributed by atoms with Crippen LogP contribution in [0.2, 0.25) is 0 Å². The number of carbonyl (C=O) groups excluding carboxylic acids is 1. The van der Waals surface area contributed by atoms with Gasteiger partial charge in [-0.25, -0.2) is 4.79 Å². The van der Waals surface area contributed by atoms with Gasteiger partial charge in [0.2, 0.25) is 5.91 Å². The maximum Gasteiger partial charge on any atom is 0.330 e. The minimum Gasteiger partial charge on any atom is -0.479 e. The molecule has 1 aromatic carbocycles. The Bertz CT molecular complexity index is 605. The number of aromatic nitrogens is 1. The molecule has 0 bridgehead atoms. The Hall–Kier alpha value is -2.34. The van der Waals surface area contributed by atoms with Gasteiger partial charge in [0.05, 0.1) is 5.75 Å². The van der Waals surface area contributed by atoms with E-state index in [9.17, 15) is 14.7 Å². The molecule has 1 aromatic heterocycles. The van der Waals surface area contributed by atoms with Crippen LogP contribution in [0.25, 0.3) is 0 Å². The van der Waals surface area contributed by atoms with Crippen LogP contribution in [0, 0.1) is 0 Å². The highest BCUT2D eigenvalue weighted by Gasteiger charge is 2.21. The van der Waals surface area contributed by atoms with E-state index >= 15 is 0 Å². The number of hydrogen-bond acceptors (Lipinski definition) is 4. The molecule has 1 atom stereocenters. The van der Waals surface area contributed by atoms with E-state index in [-0.39, 0.29) is 11.7 Å². The Labute approximate surface area is 126 Å². The summed E-state index contributed by atoms with van der Waals surface area (Å²) < 4.78 is 0. The highest BCUT2D eigenvalue weighted by atomic mass is 32.2. The summed E-state index contributed by atoms with van der Waals surface area (Å²) in [5, 5.41) is 11.8. The predicted molar refractivity (Wildman–Crippen MR) is 79.9 cm³/mol. The van der Waals surface area contributed by atoms with E-state index in [0.717, 1.165) is 4.90 Å². The smallest absolute Gasteiger partial charge is 0.330 e. The number of nitrogens with zero attached hydrogens (tertiary/aromatic N) is 1. The van der Waals surface area contributed by atoms with Gasteiger partial charge in [-0.05, 0) is 17.7 Å². The quantitative estimate of drug-likeness (QED) is 0.799. The van der Waals surface area contributed by atoms with Crippen LogP contribution in [0.15, 0.2) is 59.8 Å². The molecular formula is C15H14N2O3S. The van der Waals surface area contributed by atoms with Crippen LogP contribution in [-0.2, 0) is 9.59 Å². The molecule has 6 heteroatoms. The van der Waals surface area contributed by atoms with Gasteiger partial charge >= 0.3 is 5.97 Å². The Morgan fingerprint density at radius 1 is 1.14 bits per heavy atom. The highest BCUT2D eigenvalue weighted by molar-refractivity contribution is 8.00. The van der Waals surface area contributed by atoms with Gasteiger partial charge in [-0.3, -0.25) is 9.78 Å². The van der Waals surface area contributed by atoms with Crippen molar-refractivity contribution in [1.29, 1.82) is 0 Å². The lowest BCUT2D eigenvalue weighted by atomic mass is 10.1. The first kappa shape index (κ1) is 15.1. The minimum absolute atomic E-state index is 0.153. The number of hydrogen-bond donors (Lipinski definition) is 2. The summed E-state index contributed by atoms with van der Waals surface area (Å²) in [5.41, 5.74) is 0.548. The zero-order chi connectivity index (χ0) is 15.1. The van der Waals surface area contributed by atoms with Gasteiger partial charge in [0.25, 0.3) is 0 Å². The molecule has 0 aliphatic heterocycles. The Kier molecular flexibility index (Phi) is 5.34. The summed E-state index contributed by atoms with van der Waals surface area (Å²) in [6.45, 7) is 0. The molecule has 0 aliphatic rings. The summed E-state index contributed by atoms with van der Waals surface area (Å²) in [5.74, 6) is -1.25. The maximum atomic E-state index is 11.9. The summed E-state index contributed by atoms with van der Waals surface area (Å²) >= 11 is 1.33. The normalized spacial score (nSPS) is 11.6. The lowest BCUT2D eigenvalue weighted by Gasteiger charge is -2.14. The van der Waals surface area contributed by atoms with E-state index in [0.29, 0.717) is 5.56 Å². The fourth-order valence-electron chi connectivity index (χ4n) is 1.72. The molecule has 0 saturated heterocycles. The second kappa shape index (κ2) is 7.44. The van der Waals surface area contributed by atoms with Crippen molar-refractivity contribution in [3.63, 3.8) is 0 Å². The van der Waals surface area contributed by atoms with Crippen LogP contribution < -0.4 is 5.32 Å². The second-order valence-electron chi connectivity index (χ2n) is 4.22. The third-order valence-electron chi connectivity index (χ3n) is 2.70. The number of amides is 1. The van der Waals surface area contributed by atoms with Crippen molar-refractivity contribution in [3.05, 3.63) is 60.4 Å². The fraction of sp³-hybridized carbons (Fsp3) is 0.133. The molecule has 2 rings (SSSR count). The molecule has 1 heterocycles. The zero-order valence-corrected chi connectivity index (χ0v) is 11.9. The molecule has 0 saturated carbocycles. The number of pyridine rings is 1. The zero-order valence-electron chi connectivity index (χ0n) is 11.1. The molecule has 108 valence electrons. The highest BCUT2D eigenvalue weighted by Crippen LogP contribution is 2.17. The number of carbonyl (C=O) groups is 2. The van der Waals surface area contributed by atoms with Crippen molar-refractivity contribution in [2.24, 2.45) is 0 Å². The molecule has 0 radical (unpaired) electrons. The van der Waals surface area contributed by atoms with Crippen LogP contribution in [0.5, 0.6) is 0 Å². The van der Waals surface area contributed by atoms with Gasteiger partial charge in [-0.1, -0.05) is 30.3 Å². The molecule has 2 N–H and O–H groups in total. The topological polar surface area (TPSA) is 79.3 Å². The number of nitrogens with one attached hydrogen (secondary N) is 1. The molecule has 1 amide bonds. The summed E-state index contributed by atoms with van der Waals surface area (Å²) in [6, 6.07) is 11.2. The van der Waals surface area contributed by atoms with E-state index in [1.165, 1.54) is 11.8 Å². The van der Waals surface area contributed by atoms with Crippen LogP contribution in [0.1, 0.15) is 11.6 Å². The number of thioether (sulfide) groups is 1.